The Morgan fingerprint density at radius 2 is 1.81 bits per heavy atom. The highest BCUT2D eigenvalue weighted by Gasteiger charge is 2.62. The molecule has 0 bridgehead atoms. The minimum atomic E-state index is -3.83. The summed E-state index contributed by atoms with van der Waals surface area (Å²) in [6, 6.07) is 6.20. The number of amides is 1. The molecule has 4 aromatic heterocycles. The number of aromatic nitrogens is 7. The van der Waals surface area contributed by atoms with E-state index in [1.165, 1.54) is 17.9 Å². The molecule has 13 nitrogen and oxygen atoms in total. The number of fused-ring (bicyclic) bond motifs is 5. The smallest absolute Gasteiger partial charge is 0.293 e. The Hall–Kier alpha value is -5.21. The molecule has 1 saturated carbocycles. The van der Waals surface area contributed by atoms with E-state index in [0.29, 0.717) is 33.2 Å². The molecule has 300 valence electrons. The number of nitrogens with one attached hydrogen (secondary N) is 3. The fraction of sp³-hybridized carbons (Fsp3) is 0.361. The van der Waals surface area contributed by atoms with Crippen molar-refractivity contribution in [1.82, 2.24) is 39.8 Å². The van der Waals surface area contributed by atoms with Gasteiger partial charge in [0.1, 0.15) is 42.0 Å². The van der Waals surface area contributed by atoms with Crippen molar-refractivity contribution in [2.75, 3.05) is 18.1 Å². The summed E-state index contributed by atoms with van der Waals surface area (Å²) in [4.78, 5) is 26.4. The van der Waals surface area contributed by atoms with Crippen LogP contribution >= 0.6 is 11.6 Å². The summed E-state index contributed by atoms with van der Waals surface area (Å²) in [6.45, 7) is -0.845. The molecule has 2 aliphatic carbocycles. The van der Waals surface area contributed by atoms with Gasteiger partial charge in [-0.1, -0.05) is 17.7 Å². The Kier molecular flexibility index (Phi) is 9.50. The monoisotopic (exact) mass is 835 g/mol. The molecule has 21 heteroatoms. The number of sulfonamides is 1. The number of rotatable bonds is 12. The van der Waals surface area contributed by atoms with E-state index in [-0.39, 0.29) is 70.1 Å². The first kappa shape index (κ1) is 38.7. The number of imidazole rings is 1. The van der Waals surface area contributed by atoms with Crippen LogP contribution in [0.1, 0.15) is 65.3 Å². The number of hydrogen-bond donors (Lipinski definition) is 3. The van der Waals surface area contributed by atoms with Gasteiger partial charge in [-0.15, -0.1) is 0 Å². The van der Waals surface area contributed by atoms with Crippen molar-refractivity contribution in [1.29, 1.82) is 0 Å². The zero-order valence-corrected chi connectivity index (χ0v) is 31.8. The van der Waals surface area contributed by atoms with Crippen molar-refractivity contribution in [3.05, 3.63) is 87.1 Å². The van der Waals surface area contributed by atoms with Crippen LogP contribution in [0.4, 0.5) is 32.2 Å². The zero-order chi connectivity index (χ0) is 40.7. The molecule has 3 N–H and O–H groups in total. The van der Waals surface area contributed by atoms with Gasteiger partial charge in [0.25, 0.3) is 12.3 Å². The SMILES string of the molecule is COCc1nc2nc([C@H](Cc3cc(F)cc(F)c3)NC(=O)Cn3nc(C(F)F)c4c3C(F)(F)[C@@H]3CC[C@H]43)c(-c3ccc(Cl)c4c(NS(C)(=O)=O)nn(C)c34)cc2[nH]1. The van der Waals surface area contributed by atoms with Crippen LogP contribution in [0, 0.1) is 17.6 Å². The lowest BCUT2D eigenvalue weighted by Gasteiger charge is -2.34. The van der Waals surface area contributed by atoms with Crippen molar-refractivity contribution in [3.63, 3.8) is 0 Å². The molecule has 0 saturated heterocycles. The van der Waals surface area contributed by atoms with Crippen molar-refractivity contribution < 1.29 is 44.3 Å². The summed E-state index contributed by atoms with van der Waals surface area (Å²) in [6.07, 6.45) is -2.13. The van der Waals surface area contributed by atoms with Crippen LogP contribution in [0.5, 0.6) is 0 Å². The normalized spacial score (nSPS) is 17.9. The van der Waals surface area contributed by atoms with Crippen LogP contribution < -0.4 is 10.0 Å². The highest BCUT2D eigenvalue weighted by Crippen LogP contribution is 2.63. The summed E-state index contributed by atoms with van der Waals surface area (Å²) in [7, 11) is -0.830. The number of benzene rings is 2. The molecular formula is C36H32ClF6N9O4S. The van der Waals surface area contributed by atoms with E-state index in [4.69, 9.17) is 21.3 Å². The summed E-state index contributed by atoms with van der Waals surface area (Å²) in [5.74, 6) is -7.99. The van der Waals surface area contributed by atoms with E-state index in [2.05, 4.69) is 30.2 Å². The van der Waals surface area contributed by atoms with E-state index in [1.807, 2.05) is 0 Å². The number of ether oxygens (including phenoxy) is 1. The van der Waals surface area contributed by atoms with E-state index in [0.717, 1.165) is 18.4 Å². The van der Waals surface area contributed by atoms with Gasteiger partial charge in [-0.25, -0.2) is 35.9 Å². The van der Waals surface area contributed by atoms with Crippen LogP contribution in [0.2, 0.25) is 5.02 Å². The third-order valence-corrected chi connectivity index (χ3v) is 11.2. The fourth-order valence-electron chi connectivity index (χ4n) is 8.03. The Morgan fingerprint density at radius 1 is 1.07 bits per heavy atom. The van der Waals surface area contributed by atoms with Gasteiger partial charge in [-0.05, 0) is 55.0 Å². The van der Waals surface area contributed by atoms with Crippen LogP contribution in [0.15, 0.2) is 36.4 Å². The molecule has 1 amide bonds. The number of aryl methyl sites for hydroxylation is 1. The van der Waals surface area contributed by atoms with Crippen LogP contribution in [0.25, 0.3) is 33.2 Å². The van der Waals surface area contributed by atoms with Crippen LogP contribution in [-0.4, -0.2) is 62.2 Å². The van der Waals surface area contributed by atoms with Gasteiger partial charge in [0.15, 0.2) is 11.5 Å². The van der Waals surface area contributed by atoms with Gasteiger partial charge < -0.3 is 15.0 Å². The second kappa shape index (κ2) is 14.0. The number of nitrogens with zero attached hydrogens (tertiary/aromatic N) is 6. The molecule has 57 heavy (non-hydrogen) atoms. The number of aromatic amines is 1. The first-order chi connectivity index (χ1) is 26.9. The maximum Gasteiger partial charge on any atom is 0.293 e. The van der Waals surface area contributed by atoms with Gasteiger partial charge in [0.05, 0.1) is 39.4 Å². The van der Waals surface area contributed by atoms with Crippen molar-refractivity contribution in [3.8, 4) is 11.1 Å². The quantitative estimate of drug-likeness (QED) is 0.114. The Morgan fingerprint density at radius 3 is 2.46 bits per heavy atom. The van der Waals surface area contributed by atoms with Crippen molar-refractivity contribution in [2.24, 2.45) is 13.0 Å². The van der Waals surface area contributed by atoms with E-state index in [1.54, 1.807) is 19.2 Å². The number of methoxy groups -OCH3 is 1. The number of pyridine rings is 1. The van der Waals surface area contributed by atoms with Gasteiger partial charge in [0.2, 0.25) is 15.9 Å². The third kappa shape index (κ3) is 6.86. The molecule has 2 aromatic carbocycles. The number of anilines is 1. The number of carbonyl (C=O) groups is 1. The standard InChI is InChI=1S/C36H32ClF6N9O4S/c1-51-31-18(5-7-22(37)28(31)35(49-51)50-57(3,54)55)20-12-24-34(46-25(44-24)14-56-2)47-29(20)23(10-15-8-16(38)11-17(39)9-15)45-26(53)13-52-32-27(30(48-52)33(40)41)19-4-6-21(19)36(32,42)43/h5,7-9,11-12,19,21,23,33H,4,6,10,13-14H2,1-3H3,(H,45,53)(H,49,50)(H,44,46,47)/t19-,21+,23-/m0/s1. The number of hydrogen-bond acceptors (Lipinski definition) is 8. The second-order valence-electron chi connectivity index (χ2n) is 14.2. The topological polar surface area (TPSA) is 162 Å². The Bertz CT molecular complexity index is 2700. The van der Waals surface area contributed by atoms with Crippen LogP contribution in [-0.2, 0) is 52.1 Å². The third-order valence-electron chi connectivity index (χ3n) is 10.3. The predicted molar refractivity (Wildman–Crippen MR) is 195 cm³/mol. The minimum absolute atomic E-state index is 0.0539. The minimum Gasteiger partial charge on any atom is -0.377 e. The predicted octanol–water partition coefficient (Wildman–Crippen LogP) is 6.79. The highest BCUT2D eigenvalue weighted by atomic mass is 35.5. The molecule has 0 aliphatic heterocycles. The lowest BCUT2D eigenvalue weighted by molar-refractivity contribution is -0.123. The summed E-state index contributed by atoms with van der Waals surface area (Å²) in [5.41, 5.74) is -0.128. The number of H-pyrrole nitrogens is 1. The maximum atomic E-state index is 15.6. The number of alkyl halides is 4. The fourth-order valence-corrected chi connectivity index (χ4v) is 8.77. The molecule has 3 atom stereocenters. The van der Waals surface area contributed by atoms with Crippen molar-refractivity contribution in [2.45, 2.75) is 56.7 Å². The van der Waals surface area contributed by atoms with Gasteiger partial charge in [0, 0.05) is 42.8 Å². The molecule has 1 fully saturated rings. The van der Waals surface area contributed by atoms with E-state index < -0.39 is 75.7 Å². The molecule has 0 unspecified atom stereocenters. The first-order valence-corrected chi connectivity index (χ1v) is 19.7. The first-order valence-electron chi connectivity index (χ1n) is 17.5. The number of halogens is 7. The summed E-state index contributed by atoms with van der Waals surface area (Å²) in [5, 5.41) is 11.2. The molecule has 4 heterocycles. The second-order valence-corrected chi connectivity index (χ2v) is 16.4. The zero-order valence-electron chi connectivity index (χ0n) is 30.2. The van der Waals surface area contributed by atoms with E-state index in [9.17, 15) is 30.8 Å². The average molecular weight is 836 g/mol. The number of carbonyl (C=O) groups excluding carboxylic acids is 1. The molecule has 8 rings (SSSR count). The Labute approximate surface area is 324 Å². The van der Waals surface area contributed by atoms with E-state index >= 15 is 8.78 Å². The molecular weight excluding hydrogens is 804 g/mol. The molecule has 2 aliphatic rings. The summed E-state index contributed by atoms with van der Waals surface area (Å²) < 4.78 is 123. The molecule has 0 radical (unpaired) electrons. The van der Waals surface area contributed by atoms with Crippen molar-refractivity contribution >= 4 is 55.4 Å². The largest absolute Gasteiger partial charge is 0.377 e. The lowest BCUT2D eigenvalue weighted by Crippen LogP contribution is -2.36. The maximum absolute atomic E-state index is 15.6. The summed E-state index contributed by atoms with van der Waals surface area (Å²) >= 11 is 6.62. The highest BCUT2D eigenvalue weighted by molar-refractivity contribution is 7.92. The lowest BCUT2D eigenvalue weighted by atomic mass is 9.73. The van der Waals surface area contributed by atoms with Gasteiger partial charge in [-0.3, -0.25) is 18.9 Å². The Balaban J connectivity index is 1.29. The average Bonchev–Trinajstić information content (AvgIpc) is 3.78. The van der Waals surface area contributed by atoms with Crippen LogP contribution in [0.3, 0.4) is 0 Å². The van der Waals surface area contributed by atoms with Gasteiger partial charge in [-0.2, -0.15) is 19.0 Å². The molecule has 0 spiro atoms. The van der Waals surface area contributed by atoms with Gasteiger partial charge >= 0.3 is 0 Å². The molecule has 6 aromatic rings.